The molecule has 0 fully saturated rings. The summed E-state index contributed by atoms with van der Waals surface area (Å²) in [6.07, 6.45) is 0. The number of hydrogen-bond donors (Lipinski definition) is 0. The van der Waals surface area contributed by atoms with Crippen molar-refractivity contribution in [2.45, 2.75) is 12.8 Å². The van der Waals surface area contributed by atoms with Gasteiger partial charge >= 0.3 is 0 Å². The van der Waals surface area contributed by atoms with Gasteiger partial charge in [-0.05, 0) is 140 Å². The third kappa shape index (κ3) is 6.51. The van der Waals surface area contributed by atoms with E-state index in [4.69, 9.17) is 0 Å². The van der Waals surface area contributed by atoms with Gasteiger partial charge in [0.15, 0.2) is 0 Å². The minimum atomic E-state index is 0.379. The van der Waals surface area contributed by atoms with Crippen LogP contribution in [0.2, 0.25) is 0 Å². The zero-order chi connectivity index (χ0) is 42.6. The van der Waals surface area contributed by atoms with Crippen LogP contribution in [0.5, 0.6) is 0 Å². The van der Waals surface area contributed by atoms with E-state index >= 15 is 0 Å². The van der Waals surface area contributed by atoms with Crippen LogP contribution in [0.25, 0.3) is 83.1 Å². The summed E-state index contributed by atoms with van der Waals surface area (Å²) < 4.78 is 2.44. The number of rotatable bonds is 8. The highest BCUT2D eigenvalue weighted by molar-refractivity contribution is 6.11. The van der Waals surface area contributed by atoms with Crippen LogP contribution in [-0.2, 0) is 0 Å². The number of hydrogen-bond acceptors (Lipinski definition) is 1. The first-order chi connectivity index (χ1) is 31.6. The summed E-state index contributed by atoms with van der Waals surface area (Å²) in [4.78, 5) is 2.36. The lowest BCUT2D eigenvalue weighted by molar-refractivity contribution is 0.958. The molecular formula is C62H44N2. The molecule has 0 saturated heterocycles. The van der Waals surface area contributed by atoms with Crippen LogP contribution in [0.1, 0.15) is 24.0 Å². The molecular weight excluding hydrogens is 773 g/mol. The van der Waals surface area contributed by atoms with Gasteiger partial charge in [0.05, 0.1) is 11.0 Å². The molecule has 2 heteroatoms. The predicted octanol–water partition coefficient (Wildman–Crippen LogP) is 17.1. The molecule has 0 saturated carbocycles. The van der Waals surface area contributed by atoms with Crippen molar-refractivity contribution >= 4 is 38.9 Å². The Morgan fingerprint density at radius 3 is 1.48 bits per heavy atom. The van der Waals surface area contributed by atoms with E-state index in [9.17, 15) is 0 Å². The van der Waals surface area contributed by atoms with E-state index in [2.05, 4.69) is 259 Å². The second-order valence-corrected chi connectivity index (χ2v) is 17.0. The SMILES string of the molecule is CC1c2ccccc2-c2cc3c(cc21)c1ccccc1n3-c1ccc(-c2cccc(-c3cccc(N(c4ccc(-c5ccccc5)cc4)c4ccc(-c5ccccc5)cc4)c3)c2)cc1. The highest BCUT2D eigenvalue weighted by atomic mass is 15.1. The van der Waals surface area contributed by atoms with Crippen molar-refractivity contribution < 1.29 is 0 Å². The molecule has 11 aromatic rings. The summed E-state index contributed by atoms with van der Waals surface area (Å²) in [6, 6.07) is 88.6. The summed E-state index contributed by atoms with van der Waals surface area (Å²) in [6.45, 7) is 2.34. The predicted molar refractivity (Wildman–Crippen MR) is 270 cm³/mol. The van der Waals surface area contributed by atoms with Crippen molar-refractivity contribution in [1.82, 2.24) is 4.57 Å². The van der Waals surface area contributed by atoms with Crippen molar-refractivity contribution in [3.8, 4) is 61.3 Å². The topological polar surface area (TPSA) is 8.17 Å². The molecule has 12 rings (SSSR count). The zero-order valence-electron chi connectivity index (χ0n) is 35.6. The minimum absolute atomic E-state index is 0.379. The fourth-order valence-electron chi connectivity index (χ4n) is 10.0. The van der Waals surface area contributed by atoms with E-state index < -0.39 is 0 Å². The Bertz CT molecular complexity index is 3390. The first-order valence-corrected chi connectivity index (χ1v) is 22.2. The van der Waals surface area contributed by atoms with E-state index in [1.807, 2.05) is 0 Å². The lowest BCUT2D eigenvalue weighted by atomic mass is 9.97. The van der Waals surface area contributed by atoms with Crippen molar-refractivity contribution in [2.75, 3.05) is 4.90 Å². The molecule has 0 spiro atoms. The van der Waals surface area contributed by atoms with Gasteiger partial charge in [-0.25, -0.2) is 0 Å². The first kappa shape index (κ1) is 37.6. The molecule has 302 valence electrons. The maximum Gasteiger partial charge on any atom is 0.0547 e. The molecule has 1 unspecified atom stereocenters. The number of benzene rings is 10. The third-order valence-corrected chi connectivity index (χ3v) is 13.3. The van der Waals surface area contributed by atoms with Gasteiger partial charge in [0.1, 0.15) is 0 Å². The van der Waals surface area contributed by atoms with Crippen LogP contribution < -0.4 is 4.90 Å². The van der Waals surface area contributed by atoms with Gasteiger partial charge < -0.3 is 9.47 Å². The Kier molecular flexibility index (Phi) is 9.16. The third-order valence-electron chi connectivity index (χ3n) is 13.3. The summed E-state index contributed by atoms with van der Waals surface area (Å²) in [7, 11) is 0. The largest absolute Gasteiger partial charge is 0.310 e. The van der Waals surface area contributed by atoms with Gasteiger partial charge in [0, 0.05) is 39.4 Å². The van der Waals surface area contributed by atoms with Crippen molar-refractivity contribution in [1.29, 1.82) is 0 Å². The van der Waals surface area contributed by atoms with Crippen LogP contribution in [0.4, 0.5) is 17.1 Å². The van der Waals surface area contributed by atoms with Gasteiger partial charge in [0.25, 0.3) is 0 Å². The summed E-state index contributed by atoms with van der Waals surface area (Å²) in [5, 5.41) is 2.59. The molecule has 2 nitrogen and oxygen atoms in total. The number of anilines is 3. The standard InChI is InChI=1S/C62H44N2/c1-42-55-22-8-9-23-56(55)59-41-62-60(40-58(42)59)57-24-10-11-25-61(57)64(62)53-36-30-47(31-37-53)48-18-12-19-49(38-48)50-20-13-21-54(39-50)63(51-32-26-45(27-33-51)43-14-4-2-5-15-43)52-34-28-46(29-35-52)44-16-6-3-7-17-44/h2-42H,1H3. The fourth-order valence-corrected chi connectivity index (χ4v) is 10.0. The van der Waals surface area contributed by atoms with Gasteiger partial charge in [-0.15, -0.1) is 0 Å². The number of aromatic nitrogens is 1. The van der Waals surface area contributed by atoms with Gasteiger partial charge in [-0.2, -0.15) is 0 Å². The lowest BCUT2D eigenvalue weighted by Crippen LogP contribution is -2.10. The molecule has 0 bridgehead atoms. The highest BCUT2D eigenvalue weighted by Crippen LogP contribution is 2.48. The van der Waals surface area contributed by atoms with Gasteiger partial charge in [-0.1, -0.05) is 177 Å². The van der Waals surface area contributed by atoms with Crippen molar-refractivity contribution in [3.63, 3.8) is 0 Å². The average Bonchev–Trinajstić information content (AvgIpc) is 3.85. The second-order valence-electron chi connectivity index (χ2n) is 17.0. The molecule has 10 aromatic carbocycles. The molecule has 1 aromatic heterocycles. The van der Waals surface area contributed by atoms with Gasteiger partial charge in [-0.3, -0.25) is 0 Å². The van der Waals surface area contributed by atoms with E-state index in [-0.39, 0.29) is 0 Å². The molecule has 64 heavy (non-hydrogen) atoms. The Morgan fingerprint density at radius 2 is 0.812 bits per heavy atom. The quantitative estimate of drug-likeness (QED) is 0.148. The van der Waals surface area contributed by atoms with E-state index in [0.29, 0.717) is 5.92 Å². The van der Waals surface area contributed by atoms with Crippen LogP contribution in [0.3, 0.4) is 0 Å². The van der Waals surface area contributed by atoms with Crippen molar-refractivity contribution in [2.24, 2.45) is 0 Å². The van der Waals surface area contributed by atoms with Crippen LogP contribution in [-0.4, -0.2) is 4.57 Å². The van der Waals surface area contributed by atoms with Crippen LogP contribution in [0, 0.1) is 0 Å². The molecule has 0 aliphatic heterocycles. The maximum atomic E-state index is 2.45. The highest BCUT2D eigenvalue weighted by Gasteiger charge is 2.27. The molecule has 0 radical (unpaired) electrons. The van der Waals surface area contributed by atoms with Crippen LogP contribution in [0.15, 0.2) is 243 Å². The number of para-hydroxylation sites is 1. The summed E-state index contributed by atoms with van der Waals surface area (Å²) >= 11 is 0. The summed E-state index contributed by atoms with van der Waals surface area (Å²) in [5.41, 5.74) is 22.0. The van der Waals surface area contributed by atoms with E-state index in [0.717, 1.165) is 28.3 Å². The Labute approximate surface area is 374 Å². The molecule has 0 amide bonds. The molecule has 1 aliphatic carbocycles. The normalized spacial score (nSPS) is 12.9. The van der Waals surface area contributed by atoms with E-state index in [1.54, 1.807) is 0 Å². The van der Waals surface area contributed by atoms with Crippen LogP contribution >= 0.6 is 0 Å². The van der Waals surface area contributed by atoms with Crippen molar-refractivity contribution in [3.05, 3.63) is 254 Å². The fraction of sp³-hybridized carbons (Fsp3) is 0.0323. The smallest absolute Gasteiger partial charge is 0.0547 e. The summed E-state index contributed by atoms with van der Waals surface area (Å²) in [5.74, 6) is 0.379. The zero-order valence-corrected chi connectivity index (χ0v) is 35.6. The Morgan fingerprint density at radius 1 is 0.312 bits per heavy atom. The number of nitrogens with zero attached hydrogens (tertiary/aromatic N) is 2. The Hall–Kier alpha value is -8.20. The lowest BCUT2D eigenvalue weighted by Gasteiger charge is -2.26. The number of fused-ring (bicyclic) bond motifs is 6. The Balaban J connectivity index is 0.891. The first-order valence-electron chi connectivity index (χ1n) is 22.2. The molecule has 0 N–H and O–H groups in total. The maximum absolute atomic E-state index is 2.45. The average molecular weight is 817 g/mol. The molecule has 1 heterocycles. The van der Waals surface area contributed by atoms with Gasteiger partial charge in [0.2, 0.25) is 0 Å². The monoisotopic (exact) mass is 816 g/mol. The van der Waals surface area contributed by atoms with E-state index in [1.165, 1.54) is 83.0 Å². The molecule has 1 atom stereocenters. The minimum Gasteiger partial charge on any atom is -0.310 e. The second kappa shape index (κ2) is 15.6. The molecule has 1 aliphatic rings.